The second kappa shape index (κ2) is 6.77. The highest BCUT2D eigenvalue weighted by molar-refractivity contribution is 5.31. The highest BCUT2D eigenvalue weighted by Gasteiger charge is 2.28. The van der Waals surface area contributed by atoms with E-state index >= 15 is 0 Å². The molecule has 0 spiro atoms. The van der Waals surface area contributed by atoms with Gasteiger partial charge in [-0.3, -0.25) is 4.90 Å². The Bertz CT molecular complexity index is 462. The smallest absolute Gasteiger partial charge is 0.120 e. The Morgan fingerprint density at radius 2 is 2.29 bits per heavy atom. The fraction of sp³-hybridized carbons (Fsp3) is 0.647. The summed E-state index contributed by atoms with van der Waals surface area (Å²) in [6.07, 6.45) is 3.02. The van der Waals surface area contributed by atoms with Gasteiger partial charge in [0, 0.05) is 13.1 Å². The van der Waals surface area contributed by atoms with E-state index in [4.69, 9.17) is 9.47 Å². The van der Waals surface area contributed by atoms with Crippen LogP contribution in [0.1, 0.15) is 31.4 Å². The van der Waals surface area contributed by atoms with Gasteiger partial charge in [0.25, 0.3) is 0 Å². The zero-order chi connectivity index (χ0) is 14.7. The Hall–Kier alpha value is -1.10. The van der Waals surface area contributed by atoms with Crippen molar-refractivity contribution < 1.29 is 9.47 Å². The van der Waals surface area contributed by atoms with E-state index in [1.54, 1.807) is 0 Å². The summed E-state index contributed by atoms with van der Waals surface area (Å²) in [7, 11) is 2.01. The number of benzene rings is 1. The number of nitrogens with one attached hydrogen (secondary N) is 1. The average Bonchev–Trinajstić information content (AvgIpc) is 3.33. The van der Waals surface area contributed by atoms with Crippen LogP contribution in [0.2, 0.25) is 0 Å². The molecule has 3 rings (SSSR count). The monoisotopic (exact) mass is 290 g/mol. The van der Waals surface area contributed by atoms with Gasteiger partial charge in [0.15, 0.2) is 0 Å². The quantitative estimate of drug-likeness (QED) is 0.871. The largest absolute Gasteiger partial charge is 0.490 e. The van der Waals surface area contributed by atoms with E-state index in [2.05, 4.69) is 41.4 Å². The fourth-order valence-corrected chi connectivity index (χ4v) is 2.95. The van der Waals surface area contributed by atoms with Crippen LogP contribution in [-0.4, -0.2) is 50.4 Å². The third-order valence-corrected chi connectivity index (χ3v) is 4.35. The topological polar surface area (TPSA) is 33.7 Å². The SMILES string of the molecule is CCN1CCOC(C(NC)c2cccc(OC3CC3)c2)C1. The van der Waals surface area contributed by atoms with E-state index in [-0.39, 0.29) is 12.1 Å². The van der Waals surface area contributed by atoms with Gasteiger partial charge in [0.2, 0.25) is 0 Å². The number of likely N-dealkylation sites (N-methyl/N-ethyl adjacent to an activating group) is 2. The van der Waals surface area contributed by atoms with Crippen molar-refractivity contribution in [3.63, 3.8) is 0 Å². The van der Waals surface area contributed by atoms with Crippen LogP contribution in [-0.2, 0) is 4.74 Å². The molecule has 2 fully saturated rings. The summed E-state index contributed by atoms with van der Waals surface area (Å²) in [5, 5.41) is 3.42. The Kier molecular flexibility index (Phi) is 4.78. The number of nitrogens with zero attached hydrogens (tertiary/aromatic N) is 1. The minimum atomic E-state index is 0.194. The molecule has 1 aromatic carbocycles. The predicted molar refractivity (Wildman–Crippen MR) is 83.7 cm³/mol. The van der Waals surface area contributed by atoms with E-state index < -0.39 is 0 Å². The fourth-order valence-electron chi connectivity index (χ4n) is 2.95. The first-order valence-electron chi connectivity index (χ1n) is 8.08. The van der Waals surface area contributed by atoms with Crippen LogP contribution in [0.4, 0.5) is 0 Å². The molecule has 1 N–H and O–H groups in total. The zero-order valence-electron chi connectivity index (χ0n) is 13.0. The van der Waals surface area contributed by atoms with Crippen molar-refractivity contribution in [2.24, 2.45) is 0 Å². The lowest BCUT2D eigenvalue weighted by molar-refractivity contribution is -0.0444. The van der Waals surface area contributed by atoms with Gasteiger partial charge in [0.05, 0.1) is 24.9 Å². The number of rotatable bonds is 6. The average molecular weight is 290 g/mol. The van der Waals surface area contributed by atoms with Crippen molar-refractivity contribution in [1.29, 1.82) is 0 Å². The number of hydrogen-bond acceptors (Lipinski definition) is 4. The molecule has 4 nitrogen and oxygen atoms in total. The maximum Gasteiger partial charge on any atom is 0.120 e. The van der Waals surface area contributed by atoms with Gasteiger partial charge in [0.1, 0.15) is 5.75 Å². The molecule has 116 valence electrons. The van der Waals surface area contributed by atoms with Crippen molar-refractivity contribution in [3.8, 4) is 5.75 Å². The lowest BCUT2D eigenvalue weighted by Gasteiger charge is -2.36. The molecule has 1 aliphatic heterocycles. The lowest BCUT2D eigenvalue weighted by atomic mass is 10.00. The van der Waals surface area contributed by atoms with E-state index in [1.165, 1.54) is 18.4 Å². The first-order chi connectivity index (χ1) is 10.3. The third kappa shape index (κ3) is 3.76. The van der Waals surface area contributed by atoms with Crippen LogP contribution in [0.15, 0.2) is 24.3 Å². The molecule has 1 heterocycles. The molecule has 1 saturated heterocycles. The highest BCUT2D eigenvalue weighted by Crippen LogP contribution is 2.30. The minimum absolute atomic E-state index is 0.194. The second-order valence-corrected chi connectivity index (χ2v) is 5.96. The van der Waals surface area contributed by atoms with Crippen LogP contribution in [0.3, 0.4) is 0 Å². The molecule has 1 aliphatic carbocycles. The Morgan fingerprint density at radius 3 is 3.00 bits per heavy atom. The van der Waals surface area contributed by atoms with Crippen molar-refractivity contribution >= 4 is 0 Å². The summed E-state index contributed by atoms with van der Waals surface area (Å²) in [4.78, 5) is 2.45. The zero-order valence-corrected chi connectivity index (χ0v) is 13.0. The molecule has 4 heteroatoms. The van der Waals surface area contributed by atoms with Crippen LogP contribution in [0, 0.1) is 0 Å². The van der Waals surface area contributed by atoms with Gasteiger partial charge in [-0.05, 0) is 44.1 Å². The standard InChI is InChI=1S/C17H26N2O2/c1-3-19-9-10-20-16(12-19)17(18-2)13-5-4-6-15(11-13)21-14-7-8-14/h4-6,11,14,16-18H,3,7-10,12H2,1-2H3. The van der Waals surface area contributed by atoms with Crippen LogP contribution < -0.4 is 10.1 Å². The van der Waals surface area contributed by atoms with Gasteiger partial charge in [-0.2, -0.15) is 0 Å². The van der Waals surface area contributed by atoms with E-state index in [0.717, 1.165) is 32.0 Å². The van der Waals surface area contributed by atoms with E-state index in [9.17, 15) is 0 Å². The molecule has 21 heavy (non-hydrogen) atoms. The van der Waals surface area contributed by atoms with E-state index in [0.29, 0.717) is 6.10 Å². The summed E-state index contributed by atoms with van der Waals surface area (Å²) < 4.78 is 11.9. The molecule has 2 unspecified atom stereocenters. The lowest BCUT2D eigenvalue weighted by Crippen LogP contribution is -2.47. The molecular formula is C17H26N2O2. The second-order valence-electron chi connectivity index (χ2n) is 5.96. The normalized spacial score (nSPS) is 24.8. The van der Waals surface area contributed by atoms with Crippen molar-refractivity contribution in [2.75, 3.05) is 33.3 Å². The third-order valence-electron chi connectivity index (χ3n) is 4.35. The molecular weight excluding hydrogens is 264 g/mol. The summed E-state index contributed by atoms with van der Waals surface area (Å²) in [5.74, 6) is 0.985. The molecule has 1 aromatic rings. The van der Waals surface area contributed by atoms with Crippen molar-refractivity contribution in [3.05, 3.63) is 29.8 Å². The van der Waals surface area contributed by atoms with Gasteiger partial charge in [-0.25, -0.2) is 0 Å². The Balaban J connectivity index is 1.72. The Morgan fingerprint density at radius 1 is 1.43 bits per heavy atom. The van der Waals surface area contributed by atoms with Gasteiger partial charge in [-0.15, -0.1) is 0 Å². The van der Waals surface area contributed by atoms with Crippen LogP contribution in [0.25, 0.3) is 0 Å². The first kappa shape index (κ1) is 14.8. The maximum absolute atomic E-state index is 6.01. The summed E-state index contributed by atoms with van der Waals surface area (Å²) >= 11 is 0. The first-order valence-corrected chi connectivity index (χ1v) is 8.08. The molecule has 0 radical (unpaired) electrons. The molecule has 1 saturated carbocycles. The number of ether oxygens (including phenoxy) is 2. The minimum Gasteiger partial charge on any atom is -0.490 e. The van der Waals surface area contributed by atoms with Gasteiger partial charge in [-0.1, -0.05) is 19.1 Å². The number of hydrogen-bond donors (Lipinski definition) is 1. The highest BCUT2D eigenvalue weighted by atomic mass is 16.5. The summed E-state index contributed by atoms with van der Waals surface area (Å²) in [6, 6.07) is 8.66. The molecule has 0 aromatic heterocycles. The molecule has 2 aliphatic rings. The predicted octanol–water partition coefficient (Wildman–Crippen LogP) is 2.21. The van der Waals surface area contributed by atoms with Crippen molar-refractivity contribution in [2.45, 2.75) is 38.0 Å². The molecule has 0 amide bonds. The summed E-state index contributed by atoms with van der Waals surface area (Å²) in [6.45, 7) is 6.13. The molecule has 2 atom stereocenters. The summed E-state index contributed by atoms with van der Waals surface area (Å²) in [5.41, 5.74) is 1.25. The van der Waals surface area contributed by atoms with Crippen LogP contribution in [0.5, 0.6) is 5.75 Å². The Labute approximate surface area is 127 Å². The van der Waals surface area contributed by atoms with E-state index in [1.807, 2.05) is 7.05 Å². The maximum atomic E-state index is 6.01. The van der Waals surface area contributed by atoms with Crippen LogP contribution >= 0.6 is 0 Å². The molecule has 0 bridgehead atoms. The van der Waals surface area contributed by atoms with Gasteiger partial charge >= 0.3 is 0 Å². The van der Waals surface area contributed by atoms with Crippen molar-refractivity contribution in [1.82, 2.24) is 10.2 Å². The van der Waals surface area contributed by atoms with Gasteiger partial charge < -0.3 is 14.8 Å². The number of morpholine rings is 1.